The topological polar surface area (TPSA) is 104 Å². The molecule has 6 heteroatoms. The normalized spacial score (nSPS) is 13.5. The van der Waals surface area contributed by atoms with Gasteiger partial charge in [-0.25, -0.2) is 9.59 Å². The van der Waals surface area contributed by atoms with Crippen LogP contribution in [0.5, 0.6) is 0 Å². The number of aliphatic hydroxyl groups is 2. The Balaban J connectivity index is 3.70. The van der Waals surface area contributed by atoms with Gasteiger partial charge in [-0.2, -0.15) is 0 Å². The van der Waals surface area contributed by atoms with Crippen LogP contribution in [0.2, 0.25) is 0 Å². The van der Waals surface area contributed by atoms with Crippen LogP contribution in [-0.2, 0) is 14.3 Å². The molecule has 6 nitrogen and oxygen atoms in total. The number of hydrogen-bond acceptors (Lipinski definition) is 5. The molecule has 0 saturated heterocycles. The van der Waals surface area contributed by atoms with Crippen molar-refractivity contribution in [1.29, 1.82) is 0 Å². The third-order valence-electron chi connectivity index (χ3n) is 5.09. The van der Waals surface area contributed by atoms with Crippen LogP contribution in [0.25, 0.3) is 0 Å². The number of carbonyl (C=O) groups excluding carboxylic acids is 1. The summed E-state index contributed by atoms with van der Waals surface area (Å²) < 4.78 is 5.07. The van der Waals surface area contributed by atoms with Gasteiger partial charge in [0.25, 0.3) is 0 Å². The molecule has 29 heavy (non-hydrogen) atoms. The second kappa shape index (κ2) is 19.9. The van der Waals surface area contributed by atoms with Gasteiger partial charge in [0.15, 0.2) is 0 Å². The summed E-state index contributed by atoms with van der Waals surface area (Å²) in [7, 11) is 0. The number of carboxylic acid groups (broad SMARTS) is 1. The molecule has 0 radical (unpaired) electrons. The van der Waals surface area contributed by atoms with Gasteiger partial charge in [0.2, 0.25) is 0 Å². The third-order valence-corrected chi connectivity index (χ3v) is 5.09. The molecule has 0 aliphatic carbocycles. The Bertz CT molecular complexity index is 435. The molecule has 0 rings (SSSR count). The van der Waals surface area contributed by atoms with Crippen LogP contribution in [0, 0.1) is 0 Å². The van der Waals surface area contributed by atoms with Gasteiger partial charge in [-0.1, -0.05) is 90.4 Å². The second-order valence-corrected chi connectivity index (χ2v) is 7.78. The van der Waals surface area contributed by atoms with Crippen molar-refractivity contribution in [2.24, 2.45) is 0 Å². The number of carboxylic acids is 1. The van der Waals surface area contributed by atoms with Crippen LogP contribution < -0.4 is 0 Å². The van der Waals surface area contributed by atoms with Crippen LogP contribution in [0.15, 0.2) is 12.2 Å². The van der Waals surface area contributed by atoms with Crippen LogP contribution in [0.1, 0.15) is 103 Å². The maximum Gasteiger partial charge on any atom is 0.331 e. The fourth-order valence-corrected chi connectivity index (χ4v) is 3.32. The van der Waals surface area contributed by atoms with Crippen molar-refractivity contribution < 1.29 is 29.6 Å². The number of unbranched alkanes of at least 4 members (excludes halogenated alkanes) is 13. The predicted molar refractivity (Wildman–Crippen MR) is 115 cm³/mol. The molecule has 0 aliphatic heterocycles. The molecular weight excluding hydrogens is 372 g/mol. The summed E-state index contributed by atoms with van der Waals surface area (Å²) in [5.74, 6) is -2.07. The summed E-state index contributed by atoms with van der Waals surface area (Å²) in [4.78, 5) is 22.0. The average Bonchev–Trinajstić information content (AvgIpc) is 2.70. The molecule has 0 fully saturated rings. The van der Waals surface area contributed by atoms with E-state index < -0.39 is 30.8 Å². The van der Waals surface area contributed by atoms with Crippen LogP contribution in [0.4, 0.5) is 0 Å². The van der Waals surface area contributed by atoms with Gasteiger partial charge >= 0.3 is 11.9 Å². The molecule has 0 aliphatic rings. The monoisotopic (exact) mass is 414 g/mol. The van der Waals surface area contributed by atoms with E-state index in [1.807, 2.05) is 0 Å². The summed E-state index contributed by atoms with van der Waals surface area (Å²) in [5, 5.41) is 27.4. The molecule has 170 valence electrons. The van der Waals surface area contributed by atoms with Gasteiger partial charge in [0, 0.05) is 12.2 Å². The van der Waals surface area contributed by atoms with Gasteiger partial charge in [-0.05, 0) is 12.8 Å². The van der Waals surface area contributed by atoms with Crippen LogP contribution in [0.3, 0.4) is 0 Å². The van der Waals surface area contributed by atoms with E-state index in [1.54, 1.807) is 0 Å². The van der Waals surface area contributed by atoms with E-state index in [0.717, 1.165) is 25.3 Å². The van der Waals surface area contributed by atoms with Crippen molar-refractivity contribution in [2.75, 3.05) is 6.61 Å². The minimum absolute atomic E-state index is 0.451. The molecule has 0 amide bonds. The summed E-state index contributed by atoms with van der Waals surface area (Å²) in [6.07, 6.45) is 17.4. The first-order chi connectivity index (χ1) is 14.0. The Morgan fingerprint density at radius 2 is 1.24 bits per heavy atom. The highest BCUT2D eigenvalue weighted by Crippen LogP contribution is 2.15. The fraction of sp³-hybridized carbons (Fsp3) is 0.826. The zero-order chi connectivity index (χ0) is 21.7. The van der Waals surface area contributed by atoms with Crippen molar-refractivity contribution >= 4 is 11.9 Å². The van der Waals surface area contributed by atoms with Gasteiger partial charge in [0.1, 0.15) is 12.2 Å². The maximum atomic E-state index is 11.6. The minimum atomic E-state index is -1.24. The Kier molecular flexibility index (Phi) is 18.9. The van der Waals surface area contributed by atoms with Crippen molar-refractivity contribution in [3.05, 3.63) is 12.2 Å². The lowest BCUT2D eigenvalue weighted by Gasteiger charge is -2.21. The predicted octanol–water partition coefficient (Wildman–Crippen LogP) is 4.76. The molecule has 2 atom stereocenters. The summed E-state index contributed by atoms with van der Waals surface area (Å²) in [6, 6.07) is 0. The van der Waals surface area contributed by atoms with E-state index >= 15 is 0 Å². The molecule has 3 N–H and O–H groups in total. The second-order valence-electron chi connectivity index (χ2n) is 7.78. The van der Waals surface area contributed by atoms with Gasteiger partial charge in [-0.15, -0.1) is 0 Å². The lowest BCUT2D eigenvalue weighted by molar-refractivity contribution is -0.151. The molecule has 0 spiro atoms. The van der Waals surface area contributed by atoms with Gasteiger partial charge in [0.05, 0.1) is 6.61 Å². The van der Waals surface area contributed by atoms with E-state index in [9.17, 15) is 14.7 Å². The highest BCUT2D eigenvalue weighted by molar-refractivity contribution is 5.90. The number of carbonyl (C=O) groups is 2. The number of aliphatic carboxylic acids is 1. The molecule has 2 unspecified atom stereocenters. The number of rotatable bonds is 20. The average molecular weight is 415 g/mol. The van der Waals surface area contributed by atoms with Crippen molar-refractivity contribution in [1.82, 2.24) is 0 Å². The Morgan fingerprint density at radius 3 is 1.66 bits per heavy atom. The molecule has 0 bridgehead atoms. The maximum absolute atomic E-state index is 11.6. The van der Waals surface area contributed by atoms with Gasteiger partial charge < -0.3 is 20.1 Å². The summed E-state index contributed by atoms with van der Waals surface area (Å²) in [5.41, 5.74) is 0. The molecular formula is C23H42O6. The first-order valence-corrected chi connectivity index (χ1v) is 11.4. The Hall–Kier alpha value is -1.40. The summed E-state index contributed by atoms with van der Waals surface area (Å²) in [6.45, 7) is 1.74. The molecule has 0 heterocycles. The molecule has 0 saturated carbocycles. The van der Waals surface area contributed by atoms with Crippen molar-refractivity contribution in [2.45, 2.75) is 115 Å². The summed E-state index contributed by atoms with van der Waals surface area (Å²) >= 11 is 0. The first kappa shape index (κ1) is 27.6. The zero-order valence-corrected chi connectivity index (χ0v) is 18.2. The van der Waals surface area contributed by atoms with Crippen LogP contribution >= 0.6 is 0 Å². The van der Waals surface area contributed by atoms with Crippen molar-refractivity contribution in [3.8, 4) is 0 Å². The smallest absolute Gasteiger partial charge is 0.331 e. The zero-order valence-electron chi connectivity index (χ0n) is 18.2. The Morgan fingerprint density at radius 1 is 0.793 bits per heavy atom. The molecule has 0 aromatic rings. The lowest BCUT2D eigenvalue weighted by Crippen LogP contribution is -2.33. The van der Waals surface area contributed by atoms with Gasteiger partial charge in [-0.3, -0.25) is 0 Å². The highest BCUT2D eigenvalue weighted by Gasteiger charge is 2.21. The molecule has 0 aromatic heterocycles. The van der Waals surface area contributed by atoms with Crippen LogP contribution in [-0.4, -0.2) is 46.1 Å². The highest BCUT2D eigenvalue weighted by atomic mass is 16.6. The van der Waals surface area contributed by atoms with E-state index in [4.69, 9.17) is 14.9 Å². The third kappa shape index (κ3) is 18.4. The van der Waals surface area contributed by atoms with E-state index in [-0.39, 0.29) is 0 Å². The number of aliphatic hydroxyl groups excluding tert-OH is 2. The number of hydrogen-bond donors (Lipinski definition) is 3. The standard InChI is InChI=1S/C23H42O6/c1-2-3-4-5-6-7-8-9-10-11-12-13-14-15-16-21(20(25)19-24)29-23(28)18-17-22(26)27/h17-18,20-21,24-25H,2-16,19H2,1H3,(H,26,27)/b18-17-. The minimum Gasteiger partial charge on any atom is -0.478 e. The number of ether oxygens (including phenoxy) is 1. The largest absolute Gasteiger partial charge is 0.478 e. The quantitative estimate of drug-likeness (QED) is 0.151. The lowest BCUT2D eigenvalue weighted by atomic mass is 10.0. The van der Waals surface area contributed by atoms with Crippen molar-refractivity contribution in [3.63, 3.8) is 0 Å². The van der Waals surface area contributed by atoms with E-state index in [1.165, 1.54) is 70.6 Å². The fourth-order valence-electron chi connectivity index (χ4n) is 3.32. The Labute approximate surface area is 176 Å². The van der Waals surface area contributed by atoms with E-state index in [2.05, 4.69) is 6.92 Å². The number of esters is 1. The first-order valence-electron chi connectivity index (χ1n) is 11.4. The molecule has 0 aromatic carbocycles. The van der Waals surface area contributed by atoms with E-state index in [0.29, 0.717) is 12.5 Å². The SMILES string of the molecule is CCCCCCCCCCCCCCCCC(OC(=O)/C=C\C(=O)O)C(O)CO.